The lowest BCUT2D eigenvalue weighted by Gasteiger charge is -1.99. The van der Waals surface area contributed by atoms with Crippen LogP contribution in [0.15, 0.2) is 28.8 Å². The monoisotopic (exact) mass is 219 g/mol. The predicted octanol–water partition coefficient (Wildman–Crippen LogP) is 0.844. The number of hydrogen-bond donors (Lipinski definition) is 1. The molecule has 6 nitrogen and oxygen atoms in total. The molecule has 1 aromatic heterocycles. The SMILES string of the molecule is COc1cccc(-c2noc(C(N)=O)n2)c1. The van der Waals surface area contributed by atoms with Gasteiger partial charge in [0.05, 0.1) is 7.11 Å². The smallest absolute Gasteiger partial charge is 0.316 e. The fourth-order valence-corrected chi connectivity index (χ4v) is 1.20. The summed E-state index contributed by atoms with van der Waals surface area (Å²) in [5.74, 6) is 0.00934. The highest BCUT2D eigenvalue weighted by atomic mass is 16.5. The average Bonchev–Trinajstić information content (AvgIpc) is 2.78. The molecule has 0 radical (unpaired) electrons. The highest BCUT2D eigenvalue weighted by molar-refractivity contribution is 5.88. The van der Waals surface area contributed by atoms with Gasteiger partial charge in [-0.15, -0.1) is 0 Å². The van der Waals surface area contributed by atoms with Crippen molar-refractivity contribution in [3.8, 4) is 17.1 Å². The Morgan fingerprint density at radius 3 is 2.94 bits per heavy atom. The third kappa shape index (κ3) is 1.85. The van der Waals surface area contributed by atoms with Gasteiger partial charge in [0.15, 0.2) is 0 Å². The van der Waals surface area contributed by atoms with E-state index in [-0.39, 0.29) is 5.89 Å². The van der Waals surface area contributed by atoms with Gasteiger partial charge in [-0.25, -0.2) is 0 Å². The molecule has 0 aliphatic carbocycles. The highest BCUT2D eigenvalue weighted by Crippen LogP contribution is 2.20. The maximum Gasteiger partial charge on any atom is 0.316 e. The summed E-state index contributed by atoms with van der Waals surface area (Å²) in [5.41, 5.74) is 5.69. The number of nitrogens with two attached hydrogens (primary N) is 1. The predicted molar refractivity (Wildman–Crippen MR) is 54.8 cm³/mol. The number of nitrogens with zero attached hydrogens (tertiary/aromatic N) is 2. The molecular weight excluding hydrogens is 210 g/mol. The normalized spacial score (nSPS) is 10.1. The fraction of sp³-hybridized carbons (Fsp3) is 0.100. The molecule has 2 aromatic rings. The standard InChI is InChI=1S/C10H9N3O3/c1-15-7-4-2-3-6(5-7)9-12-10(8(11)14)16-13-9/h2-5H,1H3,(H2,11,14). The van der Waals surface area contributed by atoms with E-state index in [1.807, 2.05) is 0 Å². The first kappa shape index (κ1) is 10.2. The van der Waals surface area contributed by atoms with E-state index in [1.165, 1.54) is 0 Å². The molecule has 2 N–H and O–H groups in total. The number of aromatic nitrogens is 2. The lowest BCUT2D eigenvalue weighted by atomic mass is 10.2. The molecule has 0 saturated heterocycles. The Morgan fingerprint density at radius 2 is 2.31 bits per heavy atom. The van der Waals surface area contributed by atoms with Crippen LogP contribution in [0, 0.1) is 0 Å². The van der Waals surface area contributed by atoms with Crippen LogP contribution in [0.4, 0.5) is 0 Å². The summed E-state index contributed by atoms with van der Waals surface area (Å²) in [4.78, 5) is 14.6. The molecule has 1 aromatic carbocycles. The first-order valence-electron chi connectivity index (χ1n) is 4.48. The van der Waals surface area contributed by atoms with Crippen molar-refractivity contribution in [2.45, 2.75) is 0 Å². The minimum atomic E-state index is -0.748. The van der Waals surface area contributed by atoms with Crippen molar-refractivity contribution < 1.29 is 14.1 Å². The van der Waals surface area contributed by atoms with Crippen LogP contribution in [0.1, 0.15) is 10.7 Å². The number of hydrogen-bond acceptors (Lipinski definition) is 5. The van der Waals surface area contributed by atoms with Gasteiger partial charge in [0, 0.05) is 5.56 Å². The Balaban J connectivity index is 2.38. The second-order valence-electron chi connectivity index (χ2n) is 3.02. The van der Waals surface area contributed by atoms with Crippen molar-refractivity contribution >= 4 is 5.91 Å². The van der Waals surface area contributed by atoms with Gasteiger partial charge in [0.1, 0.15) is 5.75 Å². The lowest BCUT2D eigenvalue weighted by molar-refractivity contribution is 0.0958. The Labute approximate surface area is 91.0 Å². The highest BCUT2D eigenvalue weighted by Gasteiger charge is 2.12. The number of methoxy groups -OCH3 is 1. The molecule has 0 fully saturated rings. The molecule has 0 unspecified atom stereocenters. The van der Waals surface area contributed by atoms with Crippen LogP contribution in [0.25, 0.3) is 11.4 Å². The van der Waals surface area contributed by atoms with E-state index in [2.05, 4.69) is 14.7 Å². The van der Waals surface area contributed by atoms with Crippen LogP contribution >= 0.6 is 0 Å². The summed E-state index contributed by atoms with van der Waals surface area (Å²) in [6.07, 6.45) is 0. The summed E-state index contributed by atoms with van der Waals surface area (Å²) in [6.45, 7) is 0. The second kappa shape index (κ2) is 4.01. The molecule has 2 rings (SSSR count). The first-order chi connectivity index (χ1) is 7.70. The van der Waals surface area contributed by atoms with Crippen LogP contribution < -0.4 is 10.5 Å². The van der Waals surface area contributed by atoms with Crippen LogP contribution in [0.5, 0.6) is 5.75 Å². The summed E-state index contributed by atoms with van der Waals surface area (Å²) < 4.78 is 9.73. The van der Waals surface area contributed by atoms with Crippen molar-refractivity contribution in [1.82, 2.24) is 10.1 Å². The third-order valence-electron chi connectivity index (χ3n) is 1.96. The van der Waals surface area contributed by atoms with E-state index in [0.29, 0.717) is 17.1 Å². The van der Waals surface area contributed by atoms with E-state index in [9.17, 15) is 4.79 Å². The number of carbonyl (C=O) groups is 1. The number of amides is 1. The van der Waals surface area contributed by atoms with Crippen LogP contribution in [0.3, 0.4) is 0 Å². The zero-order valence-corrected chi connectivity index (χ0v) is 8.51. The van der Waals surface area contributed by atoms with Crippen LogP contribution in [-0.2, 0) is 0 Å². The number of ether oxygens (including phenoxy) is 1. The van der Waals surface area contributed by atoms with E-state index >= 15 is 0 Å². The minimum Gasteiger partial charge on any atom is -0.497 e. The fourth-order valence-electron chi connectivity index (χ4n) is 1.20. The Hall–Kier alpha value is -2.37. The zero-order chi connectivity index (χ0) is 11.5. The van der Waals surface area contributed by atoms with Gasteiger partial charge < -0.3 is 15.0 Å². The minimum absolute atomic E-state index is 0.210. The average molecular weight is 219 g/mol. The van der Waals surface area contributed by atoms with Gasteiger partial charge in [0.25, 0.3) is 0 Å². The quantitative estimate of drug-likeness (QED) is 0.825. The Kier molecular flexibility index (Phi) is 2.55. The van der Waals surface area contributed by atoms with Crippen LogP contribution in [0.2, 0.25) is 0 Å². The summed E-state index contributed by atoms with van der Waals surface area (Å²) in [5, 5.41) is 3.64. The number of rotatable bonds is 3. The molecule has 6 heteroatoms. The molecule has 1 amide bonds. The van der Waals surface area contributed by atoms with Gasteiger partial charge in [-0.05, 0) is 12.1 Å². The third-order valence-corrected chi connectivity index (χ3v) is 1.96. The number of carbonyl (C=O) groups excluding carboxylic acids is 1. The molecule has 0 bridgehead atoms. The van der Waals surface area contributed by atoms with Gasteiger partial charge in [-0.3, -0.25) is 4.79 Å². The molecule has 0 aliphatic heterocycles. The van der Waals surface area contributed by atoms with Crippen molar-refractivity contribution in [2.75, 3.05) is 7.11 Å². The molecule has 0 aliphatic rings. The molecule has 16 heavy (non-hydrogen) atoms. The van der Waals surface area contributed by atoms with Crippen molar-refractivity contribution in [2.24, 2.45) is 5.73 Å². The van der Waals surface area contributed by atoms with E-state index in [4.69, 9.17) is 10.5 Å². The maximum absolute atomic E-state index is 10.8. The maximum atomic E-state index is 10.8. The lowest BCUT2D eigenvalue weighted by Crippen LogP contribution is -2.10. The molecule has 0 saturated carbocycles. The summed E-state index contributed by atoms with van der Waals surface area (Å²) in [6, 6.07) is 7.08. The zero-order valence-electron chi connectivity index (χ0n) is 8.51. The molecule has 82 valence electrons. The van der Waals surface area contributed by atoms with Crippen LogP contribution in [-0.4, -0.2) is 23.2 Å². The van der Waals surface area contributed by atoms with Gasteiger partial charge in [-0.2, -0.15) is 4.98 Å². The first-order valence-corrected chi connectivity index (χ1v) is 4.48. The Bertz CT molecular complexity index is 522. The summed E-state index contributed by atoms with van der Waals surface area (Å²) in [7, 11) is 1.56. The summed E-state index contributed by atoms with van der Waals surface area (Å²) >= 11 is 0. The molecular formula is C10H9N3O3. The number of benzene rings is 1. The van der Waals surface area contributed by atoms with E-state index in [0.717, 1.165) is 0 Å². The number of primary amides is 1. The van der Waals surface area contributed by atoms with Gasteiger partial charge in [0.2, 0.25) is 5.82 Å². The Morgan fingerprint density at radius 1 is 1.50 bits per heavy atom. The van der Waals surface area contributed by atoms with Crippen molar-refractivity contribution in [3.63, 3.8) is 0 Å². The topological polar surface area (TPSA) is 91.2 Å². The largest absolute Gasteiger partial charge is 0.497 e. The molecule has 0 atom stereocenters. The van der Waals surface area contributed by atoms with E-state index < -0.39 is 5.91 Å². The van der Waals surface area contributed by atoms with Crippen molar-refractivity contribution in [1.29, 1.82) is 0 Å². The van der Waals surface area contributed by atoms with Gasteiger partial charge in [-0.1, -0.05) is 17.3 Å². The molecule has 0 spiro atoms. The van der Waals surface area contributed by atoms with E-state index in [1.54, 1.807) is 31.4 Å². The van der Waals surface area contributed by atoms with Gasteiger partial charge >= 0.3 is 11.8 Å². The second-order valence-corrected chi connectivity index (χ2v) is 3.02. The van der Waals surface area contributed by atoms with Crippen molar-refractivity contribution in [3.05, 3.63) is 30.2 Å². The molecule has 1 heterocycles.